The van der Waals surface area contributed by atoms with E-state index in [1.165, 1.54) is 12.0 Å². The molecule has 1 fully saturated rings. The highest BCUT2D eigenvalue weighted by Gasteiger charge is 2.32. The molecule has 5 heteroatoms. The summed E-state index contributed by atoms with van der Waals surface area (Å²) in [6.07, 6.45) is 3.15. The predicted octanol–water partition coefficient (Wildman–Crippen LogP) is 3.10. The molecule has 5 nitrogen and oxygen atoms in total. The molecule has 26 heavy (non-hydrogen) atoms. The molecule has 3 heterocycles. The zero-order valence-electron chi connectivity index (χ0n) is 15.7. The second kappa shape index (κ2) is 6.88. The topological polar surface area (TPSA) is 61.0 Å². The molecule has 1 saturated heterocycles. The number of H-pyrrole nitrogens is 1. The van der Waals surface area contributed by atoms with E-state index in [0.29, 0.717) is 18.2 Å². The van der Waals surface area contributed by atoms with Gasteiger partial charge in [-0.1, -0.05) is 44.2 Å². The van der Waals surface area contributed by atoms with Crippen LogP contribution in [0.5, 0.6) is 0 Å². The van der Waals surface area contributed by atoms with Gasteiger partial charge in [-0.25, -0.2) is 4.98 Å². The number of likely N-dealkylation sites (tertiary alicyclic amines) is 1. The summed E-state index contributed by atoms with van der Waals surface area (Å²) in [6, 6.07) is 10.6. The number of aromatic amines is 1. The van der Waals surface area contributed by atoms with Crippen molar-refractivity contribution in [3.8, 4) is 0 Å². The highest BCUT2D eigenvalue weighted by atomic mass is 16.1. The van der Waals surface area contributed by atoms with Crippen molar-refractivity contribution >= 4 is 5.91 Å². The van der Waals surface area contributed by atoms with Crippen LogP contribution in [0.3, 0.4) is 0 Å². The van der Waals surface area contributed by atoms with Gasteiger partial charge in [-0.15, -0.1) is 0 Å². The van der Waals surface area contributed by atoms with Gasteiger partial charge < -0.3 is 10.3 Å². The molecule has 2 N–H and O–H groups in total. The Morgan fingerprint density at radius 3 is 2.88 bits per heavy atom. The van der Waals surface area contributed by atoms with Gasteiger partial charge in [-0.05, 0) is 36.8 Å². The van der Waals surface area contributed by atoms with Crippen LogP contribution in [0, 0.1) is 5.41 Å². The molecule has 2 aliphatic heterocycles. The molecule has 0 bridgehead atoms. The van der Waals surface area contributed by atoms with Gasteiger partial charge in [0.05, 0.1) is 0 Å². The molecule has 0 radical (unpaired) electrons. The van der Waals surface area contributed by atoms with E-state index < -0.39 is 0 Å². The fourth-order valence-corrected chi connectivity index (χ4v) is 4.15. The molecule has 0 spiro atoms. The SMILES string of the molecule is CC1(C)CNC(=O)c2nc(C3CCCN(Cc4ccccc4)C3)[nH]c2C1. The molecule has 0 aliphatic carbocycles. The third-order valence-corrected chi connectivity index (χ3v) is 5.54. The molecule has 0 saturated carbocycles. The van der Waals surface area contributed by atoms with Crippen LogP contribution in [0.1, 0.15) is 60.2 Å². The van der Waals surface area contributed by atoms with Crippen LogP contribution < -0.4 is 5.32 Å². The molecule has 1 unspecified atom stereocenters. The molecule has 1 aromatic heterocycles. The molecular formula is C21H28N4O. The van der Waals surface area contributed by atoms with Gasteiger partial charge in [-0.2, -0.15) is 0 Å². The van der Waals surface area contributed by atoms with Gasteiger partial charge in [0.15, 0.2) is 0 Å². The maximum absolute atomic E-state index is 12.4. The van der Waals surface area contributed by atoms with Gasteiger partial charge in [0, 0.05) is 31.2 Å². The van der Waals surface area contributed by atoms with Crippen molar-refractivity contribution in [2.45, 2.75) is 45.6 Å². The van der Waals surface area contributed by atoms with Gasteiger partial charge in [-0.3, -0.25) is 9.69 Å². The van der Waals surface area contributed by atoms with Gasteiger partial charge in [0.25, 0.3) is 5.91 Å². The monoisotopic (exact) mass is 352 g/mol. The number of benzene rings is 1. The number of hydrogen-bond donors (Lipinski definition) is 2. The third-order valence-electron chi connectivity index (χ3n) is 5.54. The number of fused-ring (bicyclic) bond motifs is 1. The number of carbonyl (C=O) groups is 1. The quantitative estimate of drug-likeness (QED) is 0.892. The lowest BCUT2D eigenvalue weighted by Gasteiger charge is -2.32. The number of hydrogen-bond acceptors (Lipinski definition) is 3. The minimum atomic E-state index is -0.0370. The number of piperidine rings is 1. The zero-order valence-corrected chi connectivity index (χ0v) is 15.7. The fraction of sp³-hybridized carbons (Fsp3) is 0.524. The molecule has 2 aliphatic rings. The summed E-state index contributed by atoms with van der Waals surface area (Å²) in [5.74, 6) is 1.32. The zero-order chi connectivity index (χ0) is 18.1. The van der Waals surface area contributed by atoms with Gasteiger partial charge in [0.2, 0.25) is 0 Å². The normalized spacial score (nSPS) is 23.2. The predicted molar refractivity (Wildman–Crippen MR) is 102 cm³/mol. The molecule has 2 aromatic rings. The summed E-state index contributed by atoms with van der Waals surface area (Å²) in [5, 5.41) is 3.02. The molecule has 1 atom stereocenters. The van der Waals surface area contributed by atoms with E-state index >= 15 is 0 Å². The van der Waals surface area contributed by atoms with Crippen LogP contribution in [0.2, 0.25) is 0 Å². The van der Waals surface area contributed by atoms with Crippen molar-refractivity contribution in [1.29, 1.82) is 0 Å². The minimum Gasteiger partial charge on any atom is -0.350 e. The van der Waals surface area contributed by atoms with E-state index in [-0.39, 0.29) is 11.3 Å². The standard InChI is InChI=1S/C21H28N4O/c1-21(2)11-17-18(20(26)22-14-21)24-19(23-17)16-9-6-10-25(13-16)12-15-7-4-3-5-8-15/h3-5,7-8,16H,6,9-14H2,1-2H3,(H,22,26)(H,23,24). The summed E-state index contributed by atoms with van der Waals surface area (Å²) >= 11 is 0. The van der Waals surface area contributed by atoms with Crippen LogP contribution in [0.25, 0.3) is 0 Å². The van der Waals surface area contributed by atoms with Crippen molar-refractivity contribution in [1.82, 2.24) is 20.2 Å². The van der Waals surface area contributed by atoms with Crippen LogP contribution in [0.4, 0.5) is 0 Å². The third kappa shape index (κ3) is 3.68. The van der Waals surface area contributed by atoms with E-state index in [4.69, 9.17) is 4.98 Å². The van der Waals surface area contributed by atoms with E-state index in [1.807, 2.05) is 0 Å². The lowest BCUT2D eigenvalue weighted by atomic mass is 9.88. The Bertz CT molecular complexity index is 781. The number of imidazole rings is 1. The Hall–Kier alpha value is -2.14. The maximum atomic E-state index is 12.4. The van der Waals surface area contributed by atoms with Crippen molar-refractivity contribution in [2.75, 3.05) is 19.6 Å². The van der Waals surface area contributed by atoms with Crippen LogP contribution >= 0.6 is 0 Å². The number of aromatic nitrogens is 2. The minimum absolute atomic E-state index is 0.0370. The summed E-state index contributed by atoms with van der Waals surface area (Å²) in [4.78, 5) is 23.1. The molecule has 1 aromatic carbocycles. The smallest absolute Gasteiger partial charge is 0.271 e. The summed E-state index contributed by atoms with van der Waals surface area (Å²) in [6.45, 7) is 8.16. The van der Waals surface area contributed by atoms with Crippen molar-refractivity contribution in [3.05, 3.63) is 53.1 Å². The van der Waals surface area contributed by atoms with Crippen LogP contribution in [-0.4, -0.2) is 40.4 Å². The largest absolute Gasteiger partial charge is 0.350 e. The first-order valence-corrected chi connectivity index (χ1v) is 9.63. The second-order valence-electron chi connectivity index (χ2n) is 8.53. The Labute approximate surface area is 155 Å². The maximum Gasteiger partial charge on any atom is 0.271 e. The summed E-state index contributed by atoms with van der Waals surface area (Å²) in [7, 11) is 0. The second-order valence-corrected chi connectivity index (χ2v) is 8.53. The van der Waals surface area contributed by atoms with E-state index in [0.717, 1.165) is 44.0 Å². The first-order chi connectivity index (χ1) is 12.5. The van der Waals surface area contributed by atoms with E-state index in [1.54, 1.807) is 0 Å². The highest BCUT2D eigenvalue weighted by Crippen LogP contribution is 2.30. The average molecular weight is 352 g/mol. The lowest BCUT2D eigenvalue weighted by Crippen LogP contribution is -2.34. The number of nitrogens with one attached hydrogen (secondary N) is 2. The van der Waals surface area contributed by atoms with E-state index in [2.05, 4.69) is 59.4 Å². The van der Waals surface area contributed by atoms with E-state index in [9.17, 15) is 4.79 Å². The Balaban J connectivity index is 1.51. The number of carbonyl (C=O) groups excluding carboxylic acids is 1. The molecule has 138 valence electrons. The number of amides is 1. The number of rotatable bonds is 3. The number of nitrogens with zero attached hydrogens (tertiary/aromatic N) is 2. The van der Waals surface area contributed by atoms with Crippen molar-refractivity contribution in [2.24, 2.45) is 5.41 Å². The Kier molecular flexibility index (Phi) is 4.57. The molecular weight excluding hydrogens is 324 g/mol. The van der Waals surface area contributed by atoms with Crippen LogP contribution in [-0.2, 0) is 13.0 Å². The fourth-order valence-electron chi connectivity index (χ4n) is 4.15. The average Bonchev–Trinajstić information content (AvgIpc) is 3.00. The molecule has 4 rings (SSSR count). The van der Waals surface area contributed by atoms with Crippen molar-refractivity contribution in [3.63, 3.8) is 0 Å². The summed E-state index contributed by atoms with van der Waals surface area (Å²) in [5.41, 5.74) is 3.01. The highest BCUT2D eigenvalue weighted by molar-refractivity contribution is 5.94. The first kappa shape index (κ1) is 17.3. The van der Waals surface area contributed by atoms with Crippen LogP contribution in [0.15, 0.2) is 30.3 Å². The molecule has 1 amide bonds. The van der Waals surface area contributed by atoms with Gasteiger partial charge >= 0.3 is 0 Å². The lowest BCUT2D eigenvalue weighted by molar-refractivity contribution is 0.0940. The van der Waals surface area contributed by atoms with Crippen molar-refractivity contribution < 1.29 is 4.79 Å². The Morgan fingerprint density at radius 2 is 2.08 bits per heavy atom. The first-order valence-electron chi connectivity index (χ1n) is 9.63. The summed E-state index contributed by atoms with van der Waals surface area (Å²) < 4.78 is 0. The van der Waals surface area contributed by atoms with Gasteiger partial charge in [0.1, 0.15) is 11.5 Å². The Morgan fingerprint density at radius 1 is 1.27 bits per heavy atom.